The van der Waals surface area contributed by atoms with Gasteiger partial charge >= 0.3 is 5.90 Å². The third-order valence-corrected chi connectivity index (χ3v) is 5.24. The number of benzene rings is 2. The van der Waals surface area contributed by atoms with Crippen molar-refractivity contribution in [1.82, 2.24) is 4.90 Å². The first kappa shape index (κ1) is 17.2. The van der Waals surface area contributed by atoms with Gasteiger partial charge in [-0.3, -0.25) is 0 Å². The van der Waals surface area contributed by atoms with E-state index in [9.17, 15) is 5.26 Å². The monoisotopic (exact) mass is 360 g/mol. The Morgan fingerprint density at radius 2 is 1.63 bits per heavy atom. The fourth-order valence-electron chi connectivity index (χ4n) is 3.70. The number of nitriles is 1. The van der Waals surface area contributed by atoms with Crippen molar-refractivity contribution in [2.24, 2.45) is 0 Å². The lowest BCUT2D eigenvalue weighted by atomic mass is 10.1. The highest BCUT2D eigenvalue weighted by atomic mass is 16.5. The number of likely N-dealkylation sites (N-methyl/N-ethyl adjacent to an activating group) is 2. The Balaban J connectivity index is 1.68. The summed E-state index contributed by atoms with van der Waals surface area (Å²) in [4.78, 5) is 2.02. The van der Waals surface area contributed by atoms with E-state index in [2.05, 4.69) is 30.3 Å². The third kappa shape index (κ3) is 3.04. The van der Waals surface area contributed by atoms with E-state index in [1.807, 2.05) is 60.0 Å². The summed E-state index contributed by atoms with van der Waals surface area (Å²) in [5, 5.41) is 9.85. The van der Waals surface area contributed by atoms with Crippen LogP contribution in [0.1, 0.15) is 23.2 Å². The number of hydrogen-bond acceptors (Lipinski definition) is 4. The van der Waals surface area contributed by atoms with Crippen molar-refractivity contribution >= 4 is 5.90 Å². The summed E-state index contributed by atoms with van der Waals surface area (Å²) >= 11 is 0. The molecule has 0 amide bonds. The molecule has 2 aromatic carbocycles. The van der Waals surface area contributed by atoms with Crippen LogP contribution in [-0.4, -0.2) is 42.7 Å². The number of hydrogen-bond donors (Lipinski definition) is 0. The molecule has 5 heteroatoms. The van der Waals surface area contributed by atoms with E-state index in [0.717, 1.165) is 0 Å². The van der Waals surface area contributed by atoms with Crippen LogP contribution in [0.5, 0.6) is 0 Å². The Bertz CT molecular complexity index is 929. The lowest BCUT2D eigenvalue weighted by molar-refractivity contribution is -0.532. The molecule has 0 spiro atoms. The molecule has 5 nitrogen and oxygen atoms in total. The Kier molecular flexibility index (Phi) is 4.55. The van der Waals surface area contributed by atoms with Crippen molar-refractivity contribution in [1.29, 1.82) is 5.26 Å². The normalized spacial score (nSPS) is 23.7. The van der Waals surface area contributed by atoms with Crippen LogP contribution >= 0.6 is 0 Å². The molecule has 0 N–H and O–H groups in total. The van der Waals surface area contributed by atoms with E-state index < -0.39 is 0 Å². The van der Waals surface area contributed by atoms with Crippen molar-refractivity contribution in [2.75, 3.05) is 27.3 Å². The SMILES string of the molecule is CN1/C(=C(/C#N)C2=[N+](C)[C@@H](c3ccccc3)CO2)OC[C@@H]1c1ccccc1. The average molecular weight is 360 g/mol. The fourth-order valence-corrected chi connectivity index (χ4v) is 3.70. The maximum absolute atomic E-state index is 9.85. The van der Waals surface area contributed by atoms with Crippen molar-refractivity contribution < 1.29 is 14.0 Å². The molecule has 2 aliphatic rings. The van der Waals surface area contributed by atoms with Gasteiger partial charge < -0.3 is 14.4 Å². The molecule has 2 aliphatic heterocycles. The highest BCUT2D eigenvalue weighted by Gasteiger charge is 2.41. The van der Waals surface area contributed by atoms with Crippen LogP contribution < -0.4 is 0 Å². The molecule has 0 saturated carbocycles. The van der Waals surface area contributed by atoms with Crippen LogP contribution in [0.2, 0.25) is 0 Å². The van der Waals surface area contributed by atoms with E-state index in [4.69, 9.17) is 9.47 Å². The Morgan fingerprint density at radius 3 is 2.26 bits per heavy atom. The number of ether oxygens (including phenoxy) is 2. The smallest absolute Gasteiger partial charge is 0.387 e. The van der Waals surface area contributed by atoms with Gasteiger partial charge in [0.2, 0.25) is 17.5 Å². The maximum Gasteiger partial charge on any atom is 0.387 e. The van der Waals surface area contributed by atoms with E-state index in [0.29, 0.717) is 30.6 Å². The Hall–Kier alpha value is -3.26. The predicted molar refractivity (Wildman–Crippen MR) is 102 cm³/mol. The van der Waals surface area contributed by atoms with Crippen molar-refractivity contribution in [3.63, 3.8) is 0 Å². The van der Waals surface area contributed by atoms with Crippen molar-refractivity contribution in [2.45, 2.75) is 12.1 Å². The van der Waals surface area contributed by atoms with Gasteiger partial charge in [-0.15, -0.1) is 0 Å². The molecule has 27 heavy (non-hydrogen) atoms. The van der Waals surface area contributed by atoms with Gasteiger partial charge in [-0.1, -0.05) is 60.7 Å². The van der Waals surface area contributed by atoms with Crippen LogP contribution in [0.4, 0.5) is 0 Å². The molecular weight excluding hydrogens is 338 g/mol. The molecule has 4 rings (SSSR count). The quantitative estimate of drug-likeness (QED) is 0.623. The molecular formula is C22H22N3O2+. The summed E-state index contributed by atoms with van der Waals surface area (Å²) in [6.07, 6.45) is 0. The summed E-state index contributed by atoms with van der Waals surface area (Å²) in [5.41, 5.74) is 2.78. The topological polar surface area (TPSA) is 48.5 Å². The zero-order valence-corrected chi connectivity index (χ0v) is 15.5. The first-order chi connectivity index (χ1) is 13.2. The molecule has 1 saturated heterocycles. The largest absolute Gasteiger partial charge is 0.475 e. The van der Waals surface area contributed by atoms with Crippen LogP contribution in [0.25, 0.3) is 0 Å². The second-order valence-corrected chi connectivity index (χ2v) is 6.79. The van der Waals surface area contributed by atoms with Crippen molar-refractivity contribution in [3.05, 3.63) is 83.2 Å². The van der Waals surface area contributed by atoms with E-state index in [1.54, 1.807) is 0 Å². The van der Waals surface area contributed by atoms with Gasteiger partial charge in [0, 0.05) is 12.6 Å². The van der Waals surface area contributed by atoms with Gasteiger partial charge in [0.15, 0.2) is 6.61 Å². The standard InChI is InChI=1S/C22H22N3O2/c1-24-19(16-9-5-3-6-10-16)14-26-21(24)18(13-23)22-25(2)20(15-27-22)17-11-7-4-8-12-17/h3-12,19-20H,14-15H2,1-2H3/q+1/t19-,20-/m1/s1. The van der Waals surface area contributed by atoms with E-state index in [-0.39, 0.29) is 12.1 Å². The summed E-state index contributed by atoms with van der Waals surface area (Å²) in [6, 6.07) is 22.9. The molecule has 0 aliphatic carbocycles. The van der Waals surface area contributed by atoms with Gasteiger partial charge in [0.1, 0.15) is 19.7 Å². The molecule has 0 bridgehead atoms. The minimum Gasteiger partial charge on any atom is -0.475 e. The lowest BCUT2D eigenvalue weighted by Crippen LogP contribution is -2.22. The molecule has 2 aromatic rings. The Labute approximate surface area is 159 Å². The maximum atomic E-state index is 9.85. The van der Waals surface area contributed by atoms with E-state index >= 15 is 0 Å². The molecule has 136 valence electrons. The first-order valence-electron chi connectivity index (χ1n) is 9.03. The average Bonchev–Trinajstić information content (AvgIpc) is 3.28. The summed E-state index contributed by atoms with van der Waals surface area (Å²) in [5.74, 6) is 1.14. The fraction of sp³-hybridized carbons (Fsp3) is 0.273. The van der Waals surface area contributed by atoms with Crippen molar-refractivity contribution in [3.8, 4) is 6.07 Å². The van der Waals surface area contributed by atoms with Crippen LogP contribution in [-0.2, 0) is 9.47 Å². The highest BCUT2D eigenvalue weighted by Crippen LogP contribution is 2.34. The molecule has 2 atom stereocenters. The minimum absolute atomic E-state index is 0.0850. The minimum atomic E-state index is 0.0850. The Morgan fingerprint density at radius 1 is 1.00 bits per heavy atom. The number of rotatable bonds is 3. The van der Waals surface area contributed by atoms with Crippen LogP contribution in [0.3, 0.4) is 0 Å². The molecule has 0 radical (unpaired) electrons. The molecule has 1 fully saturated rings. The van der Waals surface area contributed by atoms with Gasteiger partial charge in [-0.05, 0) is 5.56 Å². The van der Waals surface area contributed by atoms with Gasteiger partial charge in [0.25, 0.3) is 0 Å². The zero-order chi connectivity index (χ0) is 18.8. The second-order valence-electron chi connectivity index (χ2n) is 6.79. The third-order valence-electron chi connectivity index (χ3n) is 5.24. The summed E-state index contributed by atoms with van der Waals surface area (Å²) in [7, 11) is 3.92. The van der Waals surface area contributed by atoms with E-state index in [1.165, 1.54) is 11.1 Å². The van der Waals surface area contributed by atoms with Gasteiger partial charge in [-0.2, -0.15) is 9.84 Å². The van der Waals surface area contributed by atoms with Gasteiger partial charge in [-0.25, -0.2) is 0 Å². The second kappa shape index (κ2) is 7.16. The van der Waals surface area contributed by atoms with Crippen LogP contribution in [0, 0.1) is 11.3 Å². The van der Waals surface area contributed by atoms with Gasteiger partial charge in [0.05, 0.1) is 6.04 Å². The molecule has 0 unspecified atom stereocenters. The number of nitrogens with zero attached hydrogens (tertiary/aromatic N) is 3. The first-order valence-corrected chi connectivity index (χ1v) is 9.03. The highest BCUT2D eigenvalue weighted by molar-refractivity contribution is 5.94. The summed E-state index contributed by atoms with van der Waals surface area (Å²) < 4.78 is 13.9. The lowest BCUT2D eigenvalue weighted by Gasteiger charge is -2.19. The predicted octanol–water partition coefficient (Wildman–Crippen LogP) is 3.24. The zero-order valence-electron chi connectivity index (χ0n) is 15.5. The molecule has 0 aromatic heterocycles. The summed E-state index contributed by atoms with van der Waals surface area (Å²) in [6.45, 7) is 1.03. The molecule has 2 heterocycles. The van der Waals surface area contributed by atoms with Crippen LogP contribution in [0.15, 0.2) is 72.1 Å².